The highest BCUT2D eigenvalue weighted by atomic mass is 32.1. The van der Waals surface area contributed by atoms with Gasteiger partial charge in [0.05, 0.1) is 0 Å². The van der Waals surface area contributed by atoms with Gasteiger partial charge in [-0.3, -0.25) is 0 Å². The maximum absolute atomic E-state index is 2.43. The summed E-state index contributed by atoms with van der Waals surface area (Å²) < 4.78 is 5.45. The number of aryl methyl sites for hydroxylation is 1. The van der Waals surface area contributed by atoms with Crippen LogP contribution in [-0.2, 0) is 0 Å². The molecule has 0 saturated heterocycles. The largest absolute Gasteiger partial charge is 0.135 e. The van der Waals surface area contributed by atoms with Gasteiger partial charge in [-0.2, -0.15) is 0 Å². The van der Waals surface area contributed by atoms with Crippen LogP contribution >= 0.6 is 22.7 Å². The van der Waals surface area contributed by atoms with Gasteiger partial charge in [-0.05, 0) is 64.7 Å². The fourth-order valence-electron chi connectivity index (χ4n) is 5.01. The average Bonchev–Trinajstić information content (AvgIpc) is 3.35. The molecular weight excluding hydrogens is 412 g/mol. The summed E-state index contributed by atoms with van der Waals surface area (Å²) in [6.07, 6.45) is 0. The monoisotopic (exact) mass is 430 g/mol. The highest BCUT2D eigenvalue weighted by molar-refractivity contribution is 7.26. The lowest BCUT2D eigenvalue weighted by molar-refractivity contribution is 1.55. The van der Waals surface area contributed by atoms with E-state index in [0.29, 0.717) is 0 Å². The van der Waals surface area contributed by atoms with Gasteiger partial charge in [0.2, 0.25) is 0 Å². The first kappa shape index (κ1) is 17.5. The van der Waals surface area contributed by atoms with Crippen molar-refractivity contribution in [3.63, 3.8) is 0 Å². The van der Waals surface area contributed by atoms with Gasteiger partial charge in [0.25, 0.3) is 0 Å². The van der Waals surface area contributed by atoms with Gasteiger partial charge >= 0.3 is 0 Å². The first-order chi connectivity index (χ1) is 15.3. The van der Waals surface area contributed by atoms with E-state index in [1.807, 2.05) is 22.7 Å². The van der Waals surface area contributed by atoms with Crippen LogP contribution in [0.3, 0.4) is 0 Å². The van der Waals surface area contributed by atoms with Crippen molar-refractivity contribution in [1.82, 2.24) is 0 Å². The second-order valence-corrected chi connectivity index (χ2v) is 10.4. The molecule has 2 aromatic heterocycles. The summed E-state index contributed by atoms with van der Waals surface area (Å²) in [5.74, 6) is 0. The Labute approximate surface area is 188 Å². The molecule has 2 heterocycles. The summed E-state index contributed by atoms with van der Waals surface area (Å²) in [4.78, 5) is 0. The van der Waals surface area contributed by atoms with Gasteiger partial charge in [0.1, 0.15) is 0 Å². The zero-order valence-electron chi connectivity index (χ0n) is 17.0. The van der Waals surface area contributed by atoms with Crippen molar-refractivity contribution in [2.75, 3.05) is 0 Å². The van der Waals surface area contributed by atoms with Crippen molar-refractivity contribution in [2.24, 2.45) is 0 Å². The van der Waals surface area contributed by atoms with Crippen LogP contribution in [-0.4, -0.2) is 0 Å². The topological polar surface area (TPSA) is 0 Å². The molecule has 0 fully saturated rings. The van der Waals surface area contributed by atoms with Crippen LogP contribution < -0.4 is 0 Å². The van der Waals surface area contributed by atoms with Crippen LogP contribution in [0.4, 0.5) is 0 Å². The highest BCUT2D eigenvalue weighted by Gasteiger charge is 2.16. The zero-order valence-corrected chi connectivity index (χ0v) is 18.6. The molecule has 0 unspecified atom stereocenters. The molecule has 0 radical (unpaired) electrons. The van der Waals surface area contributed by atoms with E-state index in [2.05, 4.69) is 97.9 Å². The Morgan fingerprint density at radius 3 is 2.19 bits per heavy atom. The molecule has 7 aromatic rings. The molecule has 2 heteroatoms. The third kappa shape index (κ3) is 2.46. The van der Waals surface area contributed by atoms with Crippen molar-refractivity contribution in [2.45, 2.75) is 6.92 Å². The molecule has 0 aliphatic rings. The van der Waals surface area contributed by atoms with E-state index in [0.717, 1.165) is 0 Å². The summed E-state index contributed by atoms with van der Waals surface area (Å²) >= 11 is 3.79. The minimum absolute atomic E-state index is 1.31. The lowest BCUT2D eigenvalue weighted by atomic mass is 9.92. The maximum Gasteiger partial charge on any atom is 0.0368 e. The molecule has 0 nitrogen and oxygen atoms in total. The predicted octanol–water partition coefficient (Wildman–Crippen LogP) is 9.55. The number of rotatable bonds is 1. The first-order valence-electron chi connectivity index (χ1n) is 10.5. The minimum atomic E-state index is 1.31. The second kappa shape index (κ2) is 6.40. The van der Waals surface area contributed by atoms with Crippen LogP contribution in [0.5, 0.6) is 0 Å². The number of hydrogen-bond donors (Lipinski definition) is 0. The van der Waals surface area contributed by atoms with E-state index in [-0.39, 0.29) is 0 Å². The van der Waals surface area contributed by atoms with Gasteiger partial charge in [-0.15, -0.1) is 22.7 Å². The first-order valence-corrected chi connectivity index (χ1v) is 12.2. The van der Waals surface area contributed by atoms with Crippen LogP contribution in [0.1, 0.15) is 5.56 Å². The van der Waals surface area contributed by atoms with E-state index < -0.39 is 0 Å². The molecule has 0 aliphatic carbocycles. The summed E-state index contributed by atoms with van der Waals surface area (Å²) in [6, 6.07) is 33.7. The lowest BCUT2D eigenvalue weighted by Crippen LogP contribution is -1.84. The normalized spacial score (nSPS) is 12.0. The van der Waals surface area contributed by atoms with Crippen molar-refractivity contribution in [1.29, 1.82) is 0 Å². The molecule has 0 spiro atoms. The number of benzene rings is 5. The van der Waals surface area contributed by atoms with Crippen LogP contribution in [0.2, 0.25) is 0 Å². The summed E-state index contributed by atoms with van der Waals surface area (Å²) in [5.41, 5.74) is 4.02. The Kier molecular flexibility index (Phi) is 3.61. The third-order valence-corrected chi connectivity index (χ3v) is 8.64. The Balaban J connectivity index is 1.68. The van der Waals surface area contributed by atoms with Crippen molar-refractivity contribution in [3.8, 4) is 11.1 Å². The van der Waals surface area contributed by atoms with E-state index in [1.165, 1.54) is 67.8 Å². The van der Waals surface area contributed by atoms with Gasteiger partial charge < -0.3 is 0 Å². The fraction of sp³-hybridized carbons (Fsp3) is 0.0345. The number of hydrogen-bond acceptors (Lipinski definition) is 2. The summed E-state index contributed by atoms with van der Waals surface area (Å²) in [7, 11) is 0. The Morgan fingerprint density at radius 2 is 1.26 bits per heavy atom. The minimum Gasteiger partial charge on any atom is -0.135 e. The number of thiophene rings is 2. The lowest BCUT2D eigenvalue weighted by Gasteiger charge is -2.11. The third-order valence-electron chi connectivity index (χ3n) is 6.38. The van der Waals surface area contributed by atoms with Crippen molar-refractivity contribution < 1.29 is 0 Å². The van der Waals surface area contributed by atoms with Crippen molar-refractivity contribution >= 4 is 73.8 Å². The van der Waals surface area contributed by atoms with Crippen LogP contribution in [0, 0.1) is 6.92 Å². The van der Waals surface area contributed by atoms with E-state index in [4.69, 9.17) is 0 Å². The summed E-state index contributed by atoms with van der Waals surface area (Å²) in [6.45, 7) is 2.23. The van der Waals surface area contributed by atoms with Crippen molar-refractivity contribution in [3.05, 3.63) is 96.6 Å². The van der Waals surface area contributed by atoms with Crippen LogP contribution in [0.25, 0.3) is 62.2 Å². The Hall–Kier alpha value is -3.20. The second-order valence-electron chi connectivity index (χ2n) is 8.21. The molecule has 0 atom stereocenters. The maximum atomic E-state index is 2.43. The van der Waals surface area contributed by atoms with Gasteiger partial charge in [0, 0.05) is 40.3 Å². The molecular formula is C29H18S2. The molecule has 7 rings (SSSR count). The van der Waals surface area contributed by atoms with Gasteiger partial charge in [-0.25, -0.2) is 0 Å². The standard InChI is InChI=1S/C29H18S2/c1-17-7-6-12-25-27(17)22-15-19(13-14-24(22)30-25)28-20-9-3-2-8-18(20)16-26-29(28)21-10-4-5-11-23(21)31-26/h2-16H,1H3. The predicted molar refractivity (Wildman–Crippen MR) is 140 cm³/mol. The molecule has 0 amide bonds. The average molecular weight is 431 g/mol. The molecule has 5 aromatic carbocycles. The molecule has 0 aliphatic heterocycles. The fourth-order valence-corrected chi connectivity index (χ4v) is 7.34. The molecule has 146 valence electrons. The van der Waals surface area contributed by atoms with Gasteiger partial charge in [-0.1, -0.05) is 60.7 Å². The number of fused-ring (bicyclic) bond motifs is 7. The van der Waals surface area contributed by atoms with Gasteiger partial charge in [0.15, 0.2) is 0 Å². The highest BCUT2D eigenvalue weighted by Crippen LogP contribution is 2.46. The van der Waals surface area contributed by atoms with E-state index in [1.54, 1.807) is 0 Å². The molecule has 0 N–H and O–H groups in total. The zero-order chi connectivity index (χ0) is 20.5. The van der Waals surface area contributed by atoms with E-state index in [9.17, 15) is 0 Å². The Morgan fingerprint density at radius 1 is 0.516 bits per heavy atom. The summed E-state index contributed by atoms with van der Waals surface area (Å²) in [5, 5.41) is 8.15. The van der Waals surface area contributed by atoms with E-state index >= 15 is 0 Å². The molecule has 31 heavy (non-hydrogen) atoms. The molecule has 0 saturated carbocycles. The SMILES string of the molecule is Cc1cccc2sc3ccc(-c4c5ccccc5cc5sc6ccccc6c45)cc3c12. The molecule has 0 bridgehead atoms. The quantitative estimate of drug-likeness (QED) is 0.243. The smallest absolute Gasteiger partial charge is 0.0368 e. The Bertz CT molecular complexity index is 1800. The van der Waals surface area contributed by atoms with Crippen LogP contribution in [0.15, 0.2) is 91.0 Å².